The van der Waals surface area contributed by atoms with Crippen LogP contribution in [0.3, 0.4) is 0 Å². The van der Waals surface area contributed by atoms with E-state index in [-0.39, 0.29) is 12.2 Å². The Hall–Kier alpha value is -1.06. The molecular formula is C12H20O11S3. The summed E-state index contributed by atoms with van der Waals surface area (Å²) >= 11 is 0. The van der Waals surface area contributed by atoms with E-state index in [1.807, 2.05) is 0 Å². The first kappa shape index (κ1) is 23.0. The van der Waals surface area contributed by atoms with Gasteiger partial charge in [0.15, 0.2) is 0 Å². The maximum Gasteiger partial charge on any atom is 0.333 e. The molecule has 0 bridgehead atoms. The molecular weight excluding hydrogens is 416 g/mol. The maximum absolute atomic E-state index is 12.0. The third kappa shape index (κ3) is 8.09. The zero-order valence-corrected chi connectivity index (χ0v) is 16.9. The molecule has 1 rings (SSSR count). The third-order valence-corrected chi connectivity index (χ3v) is 4.62. The van der Waals surface area contributed by atoms with Crippen LogP contribution in [0.1, 0.15) is 13.3 Å². The van der Waals surface area contributed by atoms with Crippen molar-refractivity contribution in [2.45, 2.75) is 31.7 Å². The maximum atomic E-state index is 12.0. The van der Waals surface area contributed by atoms with Gasteiger partial charge in [-0.25, -0.2) is 4.79 Å². The average Bonchev–Trinajstić information content (AvgIpc) is 2.37. The van der Waals surface area contributed by atoms with Gasteiger partial charge in [0.25, 0.3) is 30.4 Å². The monoisotopic (exact) mass is 436 g/mol. The quantitative estimate of drug-likeness (QED) is 0.336. The summed E-state index contributed by atoms with van der Waals surface area (Å²) in [5, 5.41) is 0. The Labute approximate surface area is 152 Å². The van der Waals surface area contributed by atoms with Gasteiger partial charge in [-0.1, -0.05) is 0 Å². The van der Waals surface area contributed by atoms with Gasteiger partial charge in [-0.15, -0.1) is 0 Å². The van der Waals surface area contributed by atoms with E-state index in [4.69, 9.17) is 17.3 Å². The highest BCUT2D eigenvalue weighted by Crippen LogP contribution is 2.30. The summed E-state index contributed by atoms with van der Waals surface area (Å²) in [6.07, 6.45) is -2.11. The van der Waals surface area contributed by atoms with Gasteiger partial charge in [-0.3, -0.25) is 12.5 Å². The molecule has 1 aliphatic carbocycles. The summed E-state index contributed by atoms with van der Waals surface area (Å²) in [7, 11) is -12.4. The van der Waals surface area contributed by atoms with Crippen LogP contribution in [0, 0.1) is 0 Å². The van der Waals surface area contributed by atoms with Crippen LogP contribution in [0.15, 0.2) is 11.6 Å². The van der Waals surface area contributed by atoms with Crippen molar-refractivity contribution < 1.29 is 47.3 Å². The molecule has 0 fully saturated rings. The van der Waals surface area contributed by atoms with E-state index >= 15 is 0 Å². The topological polar surface area (TPSA) is 156 Å². The predicted molar refractivity (Wildman–Crippen MR) is 88.5 cm³/mol. The summed E-state index contributed by atoms with van der Waals surface area (Å²) in [6.45, 7) is 1.54. The van der Waals surface area contributed by atoms with E-state index in [9.17, 15) is 30.0 Å². The molecule has 0 aromatic carbocycles. The second kappa shape index (κ2) is 8.31. The van der Waals surface area contributed by atoms with Crippen LogP contribution < -0.4 is 0 Å². The lowest BCUT2D eigenvalue weighted by Gasteiger charge is -2.33. The minimum atomic E-state index is -4.14. The smallest absolute Gasteiger partial charge is 0.333 e. The van der Waals surface area contributed by atoms with Gasteiger partial charge in [-0.05, 0) is 13.0 Å². The molecule has 0 aliphatic heterocycles. The zero-order chi connectivity index (χ0) is 20.3. The fraction of sp³-hybridized carbons (Fsp3) is 0.750. The molecule has 26 heavy (non-hydrogen) atoms. The largest absolute Gasteiger partial charge is 0.463 e. The van der Waals surface area contributed by atoms with Crippen LogP contribution in [-0.4, -0.2) is 74.9 Å². The summed E-state index contributed by atoms with van der Waals surface area (Å²) < 4.78 is 88.0. The van der Waals surface area contributed by atoms with Gasteiger partial charge in [0.1, 0.15) is 18.3 Å². The molecule has 11 nitrogen and oxygen atoms in total. The number of carbonyl (C=O) groups is 1. The normalized spacial score (nSPS) is 24.8. The summed E-state index contributed by atoms with van der Waals surface area (Å²) in [5.74, 6) is -0.852. The van der Waals surface area contributed by atoms with Crippen molar-refractivity contribution in [3.8, 4) is 0 Å². The lowest BCUT2D eigenvalue weighted by molar-refractivity contribution is -0.139. The molecule has 152 valence electrons. The molecule has 0 N–H and O–H groups in total. The average molecular weight is 436 g/mol. The van der Waals surface area contributed by atoms with Gasteiger partial charge in [0.2, 0.25) is 0 Å². The van der Waals surface area contributed by atoms with Gasteiger partial charge < -0.3 is 4.74 Å². The van der Waals surface area contributed by atoms with Crippen molar-refractivity contribution >= 4 is 36.3 Å². The van der Waals surface area contributed by atoms with E-state index in [0.717, 1.165) is 6.08 Å². The molecule has 0 amide bonds. The van der Waals surface area contributed by atoms with Crippen LogP contribution in [0.2, 0.25) is 0 Å². The van der Waals surface area contributed by atoms with Crippen LogP contribution in [0.25, 0.3) is 0 Å². The Kier molecular flexibility index (Phi) is 7.34. The first-order chi connectivity index (χ1) is 11.6. The highest BCUT2D eigenvalue weighted by Gasteiger charge is 2.43. The Morgan fingerprint density at radius 1 is 0.962 bits per heavy atom. The Morgan fingerprint density at radius 3 is 1.88 bits per heavy atom. The Morgan fingerprint density at radius 2 is 1.46 bits per heavy atom. The number of esters is 1. The molecule has 14 heteroatoms. The standard InChI is InChI=1S/C12H20O11S3/c1-5-20-12(13)8-6-9(21-24(2,14)15)11(23-26(4,18)19)10(7-8)22-25(3,16)17/h6,9-11H,5,7H2,1-4H3/t9-,10+,11-/m0/s1. The highest BCUT2D eigenvalue weighted by atomic mass is 32.2. The lowest BCUT2D eigenvalue weighted by Crippen LogP contribution is -2.48. The van der Waals surface area contributed by atoms with Gasteiger partial charge in [0, 0.05) is 12.0 Å². The number of carbonyl (C=O) groups excluding carboxylic acids is 1. The van der Waals surface area contributed by atoms with E-state index in [1.54, 1.807) is 0 Å². The molecule has 0 aromatic heterocycles. The lowest BCUT2D eigenvalue weighted by atomic mass is 9.92. The molecule has 0 unspecified atom stereocenters. The van der Waals surface area contributed by atoms with Crippen molar-refractivity contribution in [1.82, 2.24) is 0 Å². The second-order valence-electron chi connectivity index (χ2n) is 5.49. The van der Waals surface area contributed by atoms with Crippen LogP contribution in [0.4, 0.5) is 0 Å². The number of ether oxygens (including phenoxy) is 1. The van der Waals surface area contributed by atoms with Crippen molar-refractivity contribution in [3.05, 3.63) is 11.6 Å². The minimum absolute atomic E-state index is 0.00857. The molecule has 3 atom stereocenters. The number of hydrogen-bond acceptors (Lipinski definition) is 11. The first-order valence-electron chi connectivity index (χ1n) is 7.14. The zero-order valence-electron chi connectivity index (χ0n) is 14.4. The fourth-order valence-corrected chi connectivity index (χ4v) is 4.03. The molecule has 0 radical (unpaired) electrons. The van der Waals surface area contributed by atoms with E-state index in [2.05, 4.69) is 0 Å². The van der Waals surface area contributed by atoms with E-state index < -0.39 is 61.1 Å². The van der Waals surface area contributed by atoms with Crippen molar-refractivity contribution in [3.63, 3.8) is 0 Å². The number of hydrogen-bond donors (Lipinski definition) is 0. The predicted octanol–water partition coefficient (Wildman–Crippen LogP) is -1.09. The third-order valence-electron chi connectivity index (χ3n) is 2.88. The summed E-state index contributed by atoms with van der Waals surface area (Å²) in [5.41, 5.74) is -0.137. The van der Waals surface area contributed by atoms with Gasteiger partial charge >= 0.3 is 5.97 Å². The SMILES string of the molecule is CCOC(=O)C1=C[C@H](OS(C)(=O)=O)[C@H](OS(C)(=O)=O)[C@H](OS(C)(=O)=O)C1. The molecule has 1 aliphatic rings. The molecule has 0 saturated carbocycles. The number of rotatable bonds is 8. The van der Waals surface area contributed by atoms with E-state index in [0.29, 0.717) is 18.8 Å². The first-order valence-corrected chi connectivity index (χ1v) is 12.6. The second-order valence-corrected chi connectivity index (χ2v) is 10.3. The van der Waals surface area contributed by atoms with Crippen molar-refractivity contribution in [1.29, 1.82) is 0 Å². The van der Waals surface area contributed by atoms with Crippen molar-refractivity contribution in [2.24, 2.45) is 0 Å². The van der Waals surface area contributed by atoms with Gasteiger partial charge in [-0.2, -0.15) is 25.3 Å². The minimum Gasteiger partial charge on any atom is -0.463 e. The molecule has 0 saturated heterocycles. The fourth-order valence-electron chi connectivity index (χ4n) is 2.20. The summed E-state index contributed by atoms with van der Waals surface area (Å²) in [4.78, 5) is 12.0. The van der Waals surface area contributed by atoms with E-state index in [1.165, 1.54) is 6.92 Å². The highest BCUT2D eigenvalue weighted by molar-refractivity contribution is 7.86. The Balaban J connectivity index is 3.41. The van der Waals surface area contributed by atoms with Crippen LogP contribution in [0.5, 0.6) is 0 Å². The van der Waals surface area contributed by atoms with Crippen molar-refractivity contribution in [2.75, 3.05) is 25.4 Å². The summed E-state index contributed by atoms with van der Waals surface area (Å²) in [6, 6.07) is 0. The molecule has 0 aromatic rings. The molecule has 0 heterocycles. The molecule has 0 spiro atoms. The van der Waals surface area contributed by atoms with Crippen LogP contribution >= 0.6 is 0 Å². The van der Waals surface area contributed by atoms with Crippen LogP contribution in [-0.2, 0) is 52.4 Å². The Bertz CT molecular complexity index is 867. The van der Waals surface area contributed by atoms with Gasteiger partial charge in [0.05, 0.1) is 25.4 Å².